The number of aliphatic hydroxyl groups is 5. The minimum Gasteiger partial charge on any atom is -0.466 e. The first-order chi connectivity index (χ1) is 41.2. The highest BCUT2D eigenvalue weighted by Crippen LogP contribution is 2.23. The first kappa shape index (κ1) is 79.9. The van der Waals surface area contributed by atoms with Crippen molar-refractivity contribution in [1.82, 2.24) is 5.32 Å². The van der Waals surface area contributed by atoms with E-state index in [0.29, 0.717) is 19.4 Å². The van der Waals surface area contributed by atoms with E-state index < -0.39 is 49.5 Å². The van der Waals surface area contributed by atoms with Gasteiger partial charge in [0.05, 0.1) is 32.0 Å². The lowest BCUT2D eigenvalue weighted by Gasteiger charge is -2.40. The van der Waals surface area contributed by atoms with Gasteiger partial charge in [0.1, 0.15) is 24.4 Å². The maximum Gasteiger partial charge on any atom is 0.305 e. The van der Waals surface area contributed by atoms with Gasteiger partial charge in [0.15, 0.2) is 6.29 Å². The number of carbonyl (C=O) groups is 2. The number of esters is 1. The van der Waals surface area contributed by atoms with E-state index in [2.05, 4.69) is 43.5 Å². The van der Waals surface area contributed by atoms with Crippen molar-refractivity contribution in [3.05, 3.63) is 36.5 Å². The first-order valence-corrected chi connectivity index (χ1v) is 36.3. The van der Waals surface area contributed by atoms with E-state index in [1.165, 1.54) is 270 Å². The SMILES string of the molecule is CCCCCCCC/C=C\CCCCCCCC(=O)OCCCCCCCCCCCCCC/C=C\CCCCCCCCCCCCCCCCCCC(=O)NC(COC1OC(CO)C(O)C(O)C1O)C(O)/C=C/CCCCCCCCC. The van der Waals surface area contributed by atoms with Crippen molar-refractivity contribution in [2.24, 2.45) is 0 Å². The van der Waals surface area contributed by atoms with E-state index in [4.69, 9.17) is 14.2 Å². The van der Waals surface area contributed by atoms with Crippen LogP contribution in [0.2, 0.25) is 0 Å². The molecule has 0 aromatic rings. The van der Waals surface area contributed by atoms with Gasteiger partial charge in [-0.15, -0.1) is 0 Å². The summed E-state index contributed by atoms with van der Waals surface area (Å²) in [4.78, 5) is 25.1. The van der Waals surface area contributed by atoms with Crippen molar-refractivity contribution < 1.29 is 49.3 Å². The average Bonchev–Trinajstić information content (AvgIpc) is 3.58. The Balaban J connectivity index is 1.90. The van der Waals surface area contributed by atoms with Crippen LogP contribution in [0.5, 0.6) is 0 Å². The molecule has 1 aliphatic rings. The molecule has 494 valence electrons. The fourth-order valence-corrected chi connectivity index (χ4v) is 11.5. The minimum atomic E-state index is -1.57. The molecule has 0 saturated carbocycles. The number of unbranched alkanes of at least 4 members (excludes halogenated alkanes) is 46. The van der Waals surface area contributed by atoms with E-state index >= 15 is 0 Å². The zero-order valence-electron chi connectivity index (χ0n) is 54.9. The molecule has 1 amide bonds. The van der Waals surface area contributed by atoms with Crippen molar-refractivity contribution in [3.8, 4) is 0 Å². The molecule has 0 bridgehead atoms. The van der Waals surface area contributed by atoms with E-state index in [-0.39, 0.29) is 18.5 Å². The molecule has 84 heavy (non-hydrogen) atoms. The maximum atomic E-state index is 13.0. The second-order valence-corrected chi connectivity index (χ2v) is 25.3. The predicted molar refractivity (Wildman–Crippen MR) is 352 cm³/mol. The van der Waals surface area contributed by atoms with Crippen LogP contribution in [0, 0.1) is 0 Å². The molecule has 0 aromatic carbocycles. The van der Waals surface area contributed by atoms with E-state index in [9.17, 15) is 35.1 Å². The number of rotatable bonds is 64. The van der Waals surface area contributed by atoms with Gasteiger partial charge < -0.3 is 45.1 Å². The summed E-state index contributed by atoms with van der Waals surface area (Å²) in [7, 11) is 0. The molecule has 7 unspecified atom stereocenters. The zero-order chi connectivity index (χ0) is 60.9. The third kappa shape index (κ3) is 50.8. The van der Waals surface area contributed by atoms with Gasteiger partial charge in [-0.25, -0.2) is 0 Å². The molecule has 0 aromatic heterocycles. The first-order valence-electron chi connectivity index (χ1n) is 36.3. The lowest BCUT2D eigenvalue weighted by Crippen LogP contribution is -2.60. The average molecular weight is 1190 g/mol. The van der Waals surface area contributed by atoms with Gasteiger partial charge in [-0.1, -0.05) is 294 Å². The molecule has 1 aliphatic heterocycles. The molecule has 0 spiro atoms. The highest BCUT2D eigenvalue weighted by molar-refractivity contribution is 5.76. The van der Waals surface area contributed by atoms with Crippen LogP contribution in [0.15, 0.2) is 36.5 Å². The molecule has 1 fully saturated rings. The van der Waals surface area contributed by atoms with Crippen molar-refractivity contribution in [1.29, 1.82) is 0 Å². The molecule has 6 N–H and O–H groups in total. The second-order valence-electron chi connectivity index (χ2n) is 25.3. The number of carbonyl (C=O) groups excluding carboxylic acids is 2. The van der Waals surface area contributed by atoms with Crippen LogP contribution in [0.3, 0.4) is 0 Å². The smallest absolute Gasteiger partial charge is 0.305 e. The third-order valence-electron chi connectivity index (χ3n) is 17.2. The number of amides is 1. The standard InChI is InChI=1S/C73H137NO10/c1-3-5-7-9-11-13-14-15-34-38-41-45-49-53-57-61-69(78)82-62-58-54-50-46-42-39-36-33-31-29-27-25-23-21-19-17-16-18-20-22-24-26-28-30-32-35-37-40-44-48-52-56-60-68(77)74-65(66(76)59-55-51-47-43-12-10-8-6-4-2)64-83-73-72(81)71(80)70(79)67(63-75)84-73/h15,19,21,34,55,59,65-67,70-73,75-76,79-81H,3-14,16-18,20,22-33,35-54,56-58,60-64H2,1-2H3,(H,74,77)/b21-19-,34-15-,59-55+. The van der Waals surface area contributed by atoms with Gasteiger partial charge in [-0.3, -0.25) is 9.59 Å². The van der Waals surface area contributed by atoms with Crippen LogP contribution in [0.4, 0.5) is 0 Å². The molecule has 0 aliphatic carbocycles. The van der Waals surface area contributed by atoms with Crippen LogP contribution < -0.4 is 5.32 Å². The number of nitrogens with one attached hydrogen (secondary N) is 1. The second kappa shape index (κ2) is 62.5. The third-order valence-corrected chi connectivity index (χ3v) is 17.2. The highest BCUT2D eigenvalue weighted by Gasteiger charge is 2.44. The fraction of sp³-hybridized carbons (Fsp3) is 0.890. The molecule has 11 heteroatoms. The lowest BCUT2D eigenvalue weighted by molar-refractivity contribution is -0.302. The Morgan fingerprint density at radius 2 is 0.762 bits per heavy atom. The number of hydrogen-bond acceptors (Lipinski definition) is 10. The predicted octanol–water partition coefficient (Wildman–Crippen LogP) is 18.6. The van der Waals surface area contributed by atoms with Gasteiger partial charge in [-0.2, -0.15) is 0 Å². The lowest BCUT2D eigenvalue weighted by atomic mass is 9.99. The van der Waals surface area contributed by atoms with Crippen molar-refractivity contribution >= 4 is 11.9 Å². The number of allylic oxidation sites excluding steroid dienone is 5. The monoisotopic (exact) mass is 1190 g/mol. The molecular formula is C73H137NO10. The van der Waals surface area contributed by atoms with Crippen molar-refractivity contribution in [2.45, 2.75) is 397 Å². The summed E-state index contributed by atoms with van der Waals surface area (Å²) in [6.07, 6.45) is 70.2. The molecule has 1 rings (SSSR count). The Labute approximate surface area is 517 Å². The minimum absolute atomic E-state index is 0.00294. The van der Waals surface area contributed by atoms with Gasteiger partial charge in [0.2, 0.25) is 5.91 Å². The summed E-state index contributed by atoms with van der Waals surface area (Å²) in [6, 6.07) is -0.806. The van der Waals surface area contributed by atoms with Gasteiger partial charge in [-0.05, 0) is 83.5 Å². The number of hydrogen-bond donors (Lipinski definition) is 6. The Bertz CT molecular complexity index is 1490. The van der Waals surface area contributed by atoms with Gasteiger partial charge in [0.25, 0.3) is 0 Å². The molecule has 7 atom stereocenters. The van der Waals surface area contributed by atoms with Crippen LogP contribution in [0.25, 0.3) is 0 Å². The Morgan fingerprint density at radius 3 is 1.14 bits per heavy atom. The summed E-state index contributed by atoms with van der Waals surface area (Å²) >= 11 is 0. The Hall–Kier alpha value is -2.12. The van der Waals surface area contributed by atoms with Gasteiger partial charge >= 0.3 is 5.97 Å². The normalized spacial score (nSPS) is 18.2. The number of aliphatic hydroxyl groups excluding tert-OH is 5. The number of ether oxygens (including phenoxy) is 3. The fourth-order valence-electron chi connectivity index (χ4n) is 11.5. The van der Waals surface area contributed by atoms with Crippen LogP contribution in [-0.2, 0) is 23.8 Å². The molecule has 1 saturated heterocycles. The summed E-state index contributed by atoms with van der Waals surface area (Å²) in [6.45, 7) is 4.34. The quantitative estimate of drug-likeness (QED) is 0.0195. The molecular weight excluding hydrogens is 1050 g/mol. The van der Waals surface area contributed by atoms with E-state index in [1.54, 1.807) is 6.08 Å². The molecule has 1 heterocycles. The largest absolute Gasteiger partial charge is 0.466 e. The summed E-state index contributed by atoms with van der Waals surface area (Å²) < 4.78 is 16.7. The van der Waals surface area contributed by atoms with Crippen molar-refractivity contribution in [3.63, 3.8) is 0 Å². The topological polar surface area (TPSA) is 175 Å². The highest BCUT2D eigenvalue weighted by atomic mass is 16.7. The molecule has 11 nitrogen and oxygen atoms in total. The summed E-state index contributed by atoms with van der Waals surface area (Å²) in [5.74, 6) is -0.177. The Kier molecular flexibility index (Phi) is 59.4. The van der Waals surface area contributed by atoms with E-state index in [0.717, 1.165) is 57.8 Å². The van der Waals surface area contributed by atoms with Crippen molar-refractivity contribution in [2.75, 3.05) is 19.8 Å². The Morgan fingerprint density at radius 1 is 0.429 bits per heavy atom. The summed E-state index contributed by atoms with van der Waals surface area (Å²) in [5, 5.41) is 54.3. The van der Waals surface area contributed by atoms with Crippen LogP contribution >= 0.6 is 0 Å². The van der Waals surface area contributed by atoms with Crippen LogP contribution in [-0.4, -0.2) is 100 Å². The van der Waals surface area contributed by atoms with E-state index in [1.807, 2.05) is 6.08 Å². The maximum absolute atomic E-state index is 13.0. The van der Waals surface area contributed by atoms with Gasteiger partial charge in [0, 0.05) is 12.8 Å². The zero-order valence-corrected chi connectivity index (χ0v) is 54.9. The summed E-state index contributed by atoms with van der Waals surface area (Å²) in [5.41, 5.74) is 0. The van der Waals surface area contributed by atoms with Crippen LogP contribution in [0.1, 0.15) is 354 Å². The molecule has 0 radical (unpaired) electrons.